The molecule has 0 aliphatic carbocycles. The van der Waals surface area contributed by atoms with Crippen molar-refractivity contribution in [3.05, 3.63) is 29.3 Å². The Balaban J connectivity index is 2.19. The number of hydrogen-bond acceptors (Lipinski definition) is 3. The molecule has 2 N–H and O–H groups in total. The number of rotatable bonds is 3. The molecule has 0 radical (unpaired) electrons. The minimum atomic E-state index is -0.913. The Morgan fingerprint density at radius 3 is 3.12 bits per heavy atom. The van der Waals surface area contributed by atoms with E-state index in [9.17, 15) is 4.79 Å². The van der Waals surface area contributed by atoms with Crippen LogP contribution in [0.5, 0.6) is 5.75 Å². The van der Waals surface area contributed by atoms with Crippen LogP contribution in [0.3, 0.4) is 0 Å². The van der Waals surface area contributed by atoms with Gasteiger partial charge in [0.05, 0.1) is 12.2 Å². The summed E-state index contributed by atoms with van der Waals surface area (Å²) in [5.74, 6) is 0.268. The van der Waals surface area contributed by atoms with Crippen LogP contribution in [0.1, 0.15) is 15.9 Å². The molecule has 0 spiro atoms. The number of fused-ring (bicyclic) bond motifs is 1. The lowest BCUT2D eigenvalue weighted by Crippen LogP contribution is -2.29. The summed E-state index contributed by atoms with van der Waals surface area (Å²) in [6, 6.07) is 5.08. The number of carboxylic acid groups (broad SMARTS) is 1. The third-order valence-electron chi connectivity index (χ3n) is 2.79. The first-order valence-corrected chi connectivity index (χ1v) is 5.34. The smallest absolute Gasteiger partial charge is 0.335 e. The molecule has 0 fully saturated rings. The molecule has 0 bridgehead atoms. The molecule has 1 aliphatic rings. The second-order valence-corrected chi connectivity index (χ2v) is 4.07. The monoisotopic (exact) mass is 221 g/mol. The third kappa shape index (κ3) is 2.17. The van der Waals surface area contributed by atoms with Gasteiger partial charge in [0.1, 0.15) is 5.75 Å². The Labute approximate surface area is 94.2 Å². The molecular weight excluding hydrogens is 206 g/mol. The van der Waals surface area contributed by atoms with Crippen molar-refractivity contribution in [2.75, 3.05) is 20.2 Å². The number of hydrogen-bond donors (Lipinski definition) is 2. The van der Waals surface area contributed by atoms with Crippen LogP contribution in [0.2, 0.25) is 0 Å². The average molecular weight is 221 g/mol. The second-order valence-electron chi connectivity index (χ2n) is 4.07. The van der Waals surface area contributed by atoms with E-state index in [1.807, 2.05) is 13.1 Å². The minimum Gasteiger partial charge on any atom is -0.493 e. The Bertz CT molecular complexity index is 403. The van der Waals surface area contributed by atoms with Crippen LogP contribution in [0.15, 0.2) is 18.2 Å². The number of nitrogens with one attached hydrogen (secondary N) is 1. The van der Waals surface area contributed by atoms with Gasteiger partial charge in [-0.2, -0.15) is 0 Å². The van der Waals surface area contributed by atoms with Crippen molar-refractivity contribution < 1.29 is 14.6 Å². The van der Waals surface area contributed by atoms with Crippen molar-refractivity contribution in [3.8, 4) is 5.75 Å². The largest absolute Gasteiger partial charge is 0.493 e. The molecule has 16 heavy (non-hydrogen) atoms. The first-order chi connectivity index (χ1) is 7.70. The summed E-state index contributed by atoms with van der Waals surface area (Å²) >= 11 is 0. The highest BCUT2D eigenvalue weighted by Gasteiger charge is 2.20. The number of carboxylic acids is 1. The van der Waals surface area contributed by atoms with E-state index in [0.29, 0.717) is 18.3 Å². The van der Waals surface area contributed by atoms with Crippen molar-refractivity contribution in [2.24, 2.45) is 5.92 Å². The zero-order chi connectivity index (χ0) is 11.5. The molecule has 1 atom stereocenters. The Morgan fingerprint density at radius 1 is 1.62 bits per heavy atom. The Morgan fingerprint density at radius 2 is 2.44 bits per heavy atom. The van der Waals surface area contributed by atoms with E-state index in [1.165, 1.54) is 0 Å². The van der Waals surface area contributed by atoms with Crippen molar-refractivity contribution in [2.45, 2.75) is 6.42 Å². The van der Waals surface area contributed by atoms with E-state index in [4.69, 9.17) is 9.84 Å². The normalized spacial score (nSPS) is 18.7. The fourth-order valence-corrected chi connectivity index (χ4v) is 1.99. The SMILES string of the molecule is CNCC1COc2cc(C(=O)O)ccc2C1. The maximum atomic E-state index is 10.8. The van der Waals surface area contributed by atoms with Gasteiger partial charge >= 0.3 is 5.97 Å². The van der Waals surface area contributed by atoms with E-state index in [1.54, 1.807) is 12.1 Å². The first-order valence-electron chi connectivity index (χ1n) is 5.34. The molecule has 0 amide bonds. The number of benzene rings is 1. The number of aromatic carboxylic acids is 1. The van der Waals surface area contributed by atoms with Gasteiger partial charge in [-0.25, -0.2) is 4.79 Å². The summed E-state index contributed by atoms with van der Waals surface area (Å²) in [5, 5.41) is 12.0. The lowest BCUT2D eigenvalue weighted by molar-refractivity contribution is 0.0696. The molecule has 1 aliphatic heterocycles. The van der Waals surface area contributed by atoms with Crippen LogP contribution in [0, 0.1) is 5.92 Å². The molecular formula is C12H15NO3. The molecule has 0 saturated carbocycles. The van der Waals surface area contributed by atoms with Gasteiger partial charge in [-0.3, -0.25) is 0 Å². The van der Waals surface area contributed by atoms with Crippen molar-refractivity contribution >= 4 is 5.97 Å². The highest BCUT2D eigenvalue weighted by molar-refractivity contribution is 5.88. The fourth-order valence-electron chi connectivity index (χ4n) is 1.99. The van der Waals surface area contributed by atoms with Crippen LogP contribution >= 0.6 is 0 Å². The van der Waals surface area contributed by atoms with Crippen LogP contribution in [-0.2, 0) is 6.42 Å². The molecule has 2 rings (SSSR count). The van der Waals surface area contributed by atoms with Gasteiger partial charge in [0, 0.05) is 12.5 Å². The predicted octanol–water partition coefficient (Wildman–Crippen LogP) is 1.16. The van der Waals surface area contributed by atoms with Crippen molar-refractivity contribution in [3.63, 3.8) is 0 Å². The number of carbonyl (C=O) groups is 1. The summed E-state index contributed by atoms with van der Waals surface area (Å²) < 4.78 is 5.58. The van der Waals surface area contributed by atoms with E-state index < -0.39 is 5.97 Å². The van der Waals surface area contributed by atoms with E-state index in [0.717, 1.165) is 18.5 Å². The highest BCUT2D eigenvalue weighted by Crippen LogP contribution is 2.28. The summed E-state index contributed by atoms with van der Waals surface area (Å²) in [7, 11) is 1.92. The maximum Gasteiger partial charge on any atom is 0.335 e. The highest BCUT2D eigenvalue weighted by atomic mass is 16.5. The van der Waals surface area contributed by atoms with Crippen LogP contribution in [0.4, 0.5) is 0 Å². The van der Waals surface area contributed by atoms with Crippen molar-refractivity contribution in [1.29, 1.82) is 0 Å². The summed E-state index contributed by atoms with van der Waals surface area (Å²) in [5.41, 5.74) is 1.38. The standard InChI is InChI=1S/C12H15NO3/c1-13-6-8-4-9-2-3-10(12(14)15)5-11(9)16-7-8/h2-3,5,8,13H,4,6-7H2,1H3,(H,14,15). The zero-order valence-electron chi connectivity index (χ0n) is 9.19. The molecule has 1 aromatic rings. The van der Waals surface area contributed by atoms with Gasteiger partial charge < -0.3 is 15.2 Å². The molecule has 86 valence electrons. The molecule has 0 saturated heterocycles. The summed E-state index contributed by atoms with van der Waals surface area (Å²) in [6.45, 7) is 1.57. The average Bonchev–Trinajstić information content (AvgIpc) is 2.28. The van der Waals surface area contributed by atoms with Gasteiger partial charge in [-0.1, -0.05) is 6.07 Å². The Kier molecular flexibility index (Phi) is 3.10. The third-order valence-corrected chi connectivity index (χ3v) is 2.79. The van der Waals surface area contributed by atoms with Crippen molar-refractivity contribution in [1.82, 2.24) is 5.32 Å². The minimum absolute atomic E-state index is 0.283. The second kappa shape index (κ2) is 4.53. The first kappa shape index (κ1) is 11.0. The summed E-state index contributed by atoms with van der Waals surface area (Å²) in [4.78, 5) is 10.8. The van der Waals surface area contributed by atoms with Gasteiger partial charge in [-0.05, 0) is 31.2 Å². The zero-order valence-corrected chi connectivity index (χ0v) is 9.19. The maximum absolute atomic E-state index is 10.8. The fraction of sp³-hybridized carbons (Fsp3) is 0.417. The van der Waals surface area contributed by atoms with Crippen LogP contribution in [0.25, 0.3) is 0 Å². The molecule has 4 heteroatoms. The molecule has 1 unspecified atom stereocenters. The lowest BCUT2D eigenvalue weighted by atomic mass is 9.95. The summed E-state index contributed by atoms with van der Waals surface area (Å²) in [6.07, 6.45) is 0.941. The van der Waals surface area contributed by atoms with Gasteiger partial charge in [0.25, 0.3) is 0 Å². The predicted molar refractivity (Wildman–Crippen MR) is 60.0 cm³/mol. The van der Waals surface area contributed by atoms with E-state index in [-0.39, 0.29) is 5.56 Å². The van der Waals surface area contributed by atoms with Gasteiger partial charge in [0.15, 0.2) is 0 Å². The van der Waals surface area contributed by atoms with Crippen LogP contribution in [-0.4, -0.2) is 31.3 Å². The van der Waals surface area contributed by atoms with Gasteiger partial charge in [0.2, 0.25) is 0 Å². The Hall–Kier alpha value is -1.55. The van der Waals surface area contributed by atoms with E-state index >= 15 is 0 Å². The van der Waals surface area contributed by atoms with E-state index in [2.05, 4.69) is 5.32 Å². The molecule has 1 heterocycles. The molecule has 0 aromatic heterocycles. The van der Waals surface area contributed by atoms with Crippen LogP contribution < -0.4 is 10.1 Å². The van der Waals surface area contributed by atoms with Gasteiger partial charge in [-0.15, -0.1) is 0 Å². The quantitative estimate of drug-likeness (QED) is 0.804. The molecule has 1 aromatic carbocycles. The topological polar surface area (TPSA) is 58.6 Å². The number of ether oxygens (including phenoxy) is 1. The lowest BCUT2D eigenvalue weighted by Gasteiger charge is -2.25. The molecule has 4 nitrogen and oxygen atoms in total.